The van der Waals surface area contributed by atoms with Crippen LogP contribution in [0.5, 0.6) is 0 Å². The van der Waals surface area contributed by atoms with Crippen molar-refractivity contribution in [3.63, 3.8) is 0 Å². The van der Waals surface area contributed by atoms with Crippen LogP contribution >= 0.6 is 11.8 Å². The minimum Gasteiger partial charge on any atom is -0.348 e. The molecule has 3 N–H and O–H groups in total. The highest BCUT2D eigenvalue weighted by atomic mass is 32.2. The van der Waals surface area contributed by atoms with Gasteiger partial charge in [-0.1, -0.05) is 18.8 Å². The summed E-state index contributed by atoms with van der Waals surface area (Å²) in [6.45, 7) is 2.35. The van der Waals surface area contributed by atoms with Crippen LogP contribution in [0, 0.1) is 11.8 Å². The first kappa shape index (κ1) is 15.5. The molecule has 0 saturated carbocycles. The van der Waals surface area contributed by atoms with Crippen molar-refractivity contribution >= 4 is 17.7 Å². The largest absolute Gasteiger partial charge is 0.348 e. The Morgan fingerprint density at radius 2 is 2.37 bits per heavy atom. The lowest BCUT2D eigenvalue weighted by Crippen LogP contribution is -2.36. The van der Waals surface area contributed by atoms with Crippen LogP contribution in [-0.2, 0) is 0 Å². The summed E-state index contributed by atoms with van der Waals surface area (Å²) < 4.78 is 0. The zero-order valence-electron chi connectivity index (χ0n) is 11.3. The Morgan fingerprint density at radius 1 is 1.58 bits per heavy atom. The molecule has 4 nitrogen and oxygen atoms in total. The molecular formula is C14H19N3OS. The lowest BCUT2D eigenvalue weighted by molar-refractivity contribution is 0.0939. The third kappa shape index (κ3) is 5.33. The van der Waals surface area contributed by atoms with Gasteiger partial charge in [0.2, 0.25) is 0 Å². The number of thioether (sulfide) groups is 1. The molecule has 1 unspecified atom stereocenters. The van der Waals surface area contributed by atoms with Crippen molar-refractivity contribution in [1.29, 1.82) is 0 Å². The Hall–Kier alpha value is -1.51. The predicted octanol–water partition coefficient (Wildman–Crippen LogP) is 1.26. The Bertz CT molecular complexity index is 479. The molecule has 1 aromatic rings. The van der Waals surface area contributed by atoms with E-state index in [0.717, 1.165) is 12.2 Å². The number of carbonyl (C=O) groups excluding carboxylic acids is 1. The van der Waals surface area contributed by atoms with Crippen molar-refractivity contribution in [2.24, 2.45) is 5.73 Å². The number of aromatic nitrogens is 1. The van der Waals surface area contributed by atoms with Gasteiger partial charge in [-0.25, -0.2) is 0 Å². The van der Waals surface area contributed by atoms with Crippen LogP contribution in [0.3, 0.4) is 0 Å². The van der Waals surface area contributed by atoms with E-state index in [1.807, 2.05) is 6.26 Å². The van der Waals surface area contributed by atoms with Gasteiger partial charge < -0.3 is 11.1 Å². The zero-order valence-corrected chi connectivity index (χ0v) is 12.1. The fraction of sp³-hybridized carbons (Fsp3) is 0.429. The van der Waals surface area contributed by atoms with Gasteiger partial charge in [0.15, 0.2) is 0 Å². The van der Waals surface area contributed by atoms with Crippen LogP contribution in [0.1, 0.15) is 29.3 Å². The van der Waals surface area contributed by atoms with Gasteiger partial charge in [0.1, 0.15) is 0 Å². The monoisotopic (exact) mass is 277 g/mol. The van der Waals surface area contributed by atoms with E-state index in [0.29, 0.717) is 17.7 Å². The van der Waals surface area contributed by atoms with Gasteiger partial charge in [0.25, 0.3) is 5.91 Å². The zero-order chi connectivity index (χ0) is 14.1. The lowest BCUT2D eigenvalue weighted by Gasteiger charge is -2.15. The highest BCUT2D eigenvalue weighted by Crippen LogP contribution is 2.05. The summed E-state index contributed by atoms with van der Waals surface area (Å²) in [7, 11) is 0. The van der Waals surface area contributed by atoms with Crippen molar-refractivity contribution in [1.82, 2.24) is 10.3 Å². The highest BCUT2D eigenvalue weighted by molar-refractivity contribution is 7.98. The Labute approximate surface area is 118 Å². The van der Waals surface area contributed by atoms with Crippen LogP contribution in [0.15, 0.2) is 18.5 Å². The summed E-state index contributed by atoms with van der Waals surface area (Å²) in [5.74, 6) is 6.41. The number of carbonyl (C=O) groups is 1. The number of rotatable bonds is 5. The van der Waals surface area contributed by atoms with E-state index in [2.05, 4.69) is 29.1 Å². The summed E-state index contributed by atoms with van der Waals surface area (Å²) in [5, 5.41) is 2.99. The molecule has 0 aromatic carbocycles. The highest BCUT2D eigenvalue weighted by Gasteiger charge is 2.12. The lowest BCUT2D eigenvalue weighted by atomic mass is 10.1. The van der Waals surface area contributed by atoms with E-state index in [9.17, 15) is 4.79 Å². The molecule has 0 fully saturated rings. The summed E-state index contributed by atoms with van der Waals surface area (Å²) in [6.07, 6.45) is 6.11. The van der Waals surface area contributed by atoms with Gasteiger partial charge in [-0.3, -0.25) is 9.78 Å². The summed E-state index contributed by atoms with van der Waals surface area (Å²) in [6, 6.07) is 1.91. The molecule has 0 saturated heterocycles. The smallest absolute Gasteiger partial charge is 0.253 e. The van der Waals surface area contributed by atoms with E-state index < -0.39 is 0 Å². The van der Waals surface area contributed by atoms with Crippen molar-refractivity contribution < 1.29 is 4.79 Å². The van der Waals surface area contributed by atoms with E-state index in [-0.39, 0.29) is 11.9 Å². The standard InChI is InChI=1S/C14H19N3OS/c1-3-13(10-19-2)17-14(18)12-7-11(5-4-6-15)8-16-9-12/h7-9,13H,3,6,10,15H2,1-2H3,(H,17,18). The summed E-state index contributed by atoms with van der Waals surface area (Å²) >= 11 is 1.72. The van der Waals surface area contributed by atoms with Crippen LogP contribution in [-0.4, -0.2) is 35.5 Å². The van der Waals surface area contributed by atoms with Crippen molar-refractivity contribution in [3.05, 3.63) is 29.6 Å². The first-order valence-electron chi connectivity index (χ1n) is 6.15. The average Bonchev–Trinajstić information content (AvgIpc) is 2.44. The minimum atomic E-state index is -0.107. The molecular weight excluding hydrogens is 258 g/mol. The number of hydrogen-bond donors (Lipinski definition) is 2. The Kier molecular flexibility index (Phi) is 7.01. The van der Waals surface area contributed by atoms with Gasteiger partial charge in [0.05, 0.1) is 12.1 Å². The Morgan fingerprint density at radius 3 is 3.00 bits per heavy atom. The second kappa shape index (κ2) is 8.57. The summed E-state index contributed by atoms with van der Waals surface area (Å²) in [5.41, 5.74) is 6.55. The molecule has 0 aliphatic carbocycles. The predicted molar refractivity (Wildman–Crippen MR) is 80.1 cm³/mol. The second-order valence-corrected chi connectivity index (χ2v) is 4.91. The Balaban J connectivity index is 2.76. The van der Waals surface area contributed by atoms with Crippen LogP contribution in [0.2, 0.25) is 0 Å². The molecule has 1 aromatic heterocycles. The summed E-state index contributed by atoms with van der Waals surface area (Å²) in [4.78, 5) is 16.1. The van der Waals surface area contributed by atoms with Gasteiger partial charge in [0, 0.05) is 29.8 Å². The molecule has 1 amide bonds. The fourth-order valence-electron chi connectivity index (χ4n) is 1.52. The van der Waals surface area contributed by atoms with Crippen LogP contribution in [0.25, 0.3) is 0 Å². The second-order valence-electron chi connectivity index (χ2n) is 4.00. The van der Waals surface area contributed by atoms with Crippen LogP contribution in [0.4, 0.5) is 0 Å². The van der Waals surface area contributed by atoms with Crippen LogP contribution < -0.4 is 11.1 Å². The maximum absolute atomic E-state index is 12.1. The number of amides is 1. The number of hydrogen-bond acceptors (Lipinski definition) is 4. The average molecular weight is 277 g/mol. The van der Waals surface area contributed by atoms with Gasteiger partial charge in [-0.2, -0.15) is 11.8 Å². The SMILES string of the molecule is CCC(CSC)NC(=O)c1cncc(C#CCN)c1. The molecule has 1 heterocycles. The molecule has 5 heteroatoms. The molecule has 1 rings (SSSR count). The molecule has 0 spiro atoms. The van der Waals surface area contributed by atoms with Gasteiger partial charge in [-0.05, 0) is 18.7 Å². The molecule has 1 atom stereocenters. The fourth-order valence-corrected chi connectivity index (χ4v) is 2.24. The normalized spacial score (nSPS) is 11.3. The quantitative estimate of drug-likeness (QED) is 0.795. The van der Waals surface area contributed by atoms with E-state index in [1.54, 1.807) is 30.2 Å². The minimum absolute atomic E-state index is 0.107. The third-order valence-electron chi connectivity index (χ3n) is 2.53. The molecule has 19 heavy (non-hydrogen) atoms. The van der Waals surface area contributed by atoms with E-state index in [1.165, 1.54) is 0 Å². The third-order valence-corrected chi connectivity index (χ3v) is 3.27. The molecule has 0 bridgehead atoms. The van der Waals surface area contributed by atoms with Crippen molar-refractivity contribution in [3.8, 4) is 11.8 Å². The number of pyridine rings is 1. The van der Waals surface area contributed by atoms with Gasteiger partial charge >= 0.3 is 0 Å². The van der Waals surface area contributed by atoms with E-state index in [4.69, 9.17) is 5.73 Å². The first-order chi connectivity index (χ1) is 9.21. The number of nitrogens with two attached hydrogens (primary N) is 1. The number of nitrogens with one attached hydrogen (secondary N) is 1. The molecule has 0 radical (unpaired) electrons. The molecule has 0 aliphatic rings. The van der Waals surface area contributed by atoms with Gasteiger partial charge in [-0.15, -0.1) is 0 Å². The topological polar surface area (TPSA) is 68.0 Å². The van der Waals surface area contributed by atoms with Crippen molar-refractivity contribution in [2.45, 2.75) is 19.4 Å². The molecule has 102 valence electrons. The van der Waals surface area contributed by atoms with E-state index >= 15 is 0 Å². The maximum atomic E-state index is 12.1. The maximum Gasteiger partial charge on any atom is 0.253 e. The molecule has 0 aliphatic heterocycles. The van der Waals surface area contributed by atoms with Crippen molar-refractivity contribution in [2.75, 3.05) is 18.6 Å². The first-order valence-corrected chi connectivity index (χ1v) is 7.54. The number of nitrogens with zero attached hydrogens (tertiary/aromatic N) is 1.